The lowest BCUT2D eigenvalue weighted by Crippen LogP contribution is -2.21. The van der Waals surface area contributed by atoms with Gasteiger partial charge in [0.05, 0.1) is 50.7 Å². The van der Waals surface area contributed by atoms with E-state index in [0.29, 0.717) is 52.1 Å². The first-order chi connectivity index (χ1) is 21.2. The summed E-state index contributed by atoms with van der Waals surface area (Å²) in [5.41, 5.74) is 3.50. The standard InChI is InChI=1S/C31H31ClFN5O4S2/c1-20(2)44(39,40)12-11-41-10-4-7-30-38-28(18-43-30)26-15-24-27(16-34-26)35-19-36-31(24)37-23-8-9-29(25(32)14-23)42-17-21-5-3-6-22(33)13-21/h3,5-6,8-9,13-16,18-20H,4,7,10-12,17H2,1-2H3,(H,35,36,37). The summed E-state index contributed by atoms with van der Waals surface area (Å²) in [6.07, 6.45) is 4.60. The Hall–Kier alpha value is -3.71. The molecule has 0 saturated carbocycles. The number of thiazole rings is 1. The van der Waals surface area contributed by atoms with Crippen LogP contribution in [0.25, 0.3) is 22.3 Å². The van der Waals surface area contributed by atoms with Gasteiger partial charge < -0.3 is 14.8 Å². The molecule has 5 aromatic rings. The van der Waals surface area contributed by atoms with Crippen LogP contribution >= 0.6 is 22.9 Å². The number of fused-ring (bicyclic) bond motifs is 1. The number of nitrogens with one attached hydrogen (secondary N) is 1. The van der Waals surface area contributed by atoms with Crippen molar-refractivity contribution in [3.8, 4) is 17.1 Å². The highest BCUT2D eigenvalue weighted by Gasteiger charge is 2.16. The number of aryl methyl sites for hydroxylation is 1. The Balaban J connectivity index is 1.21. The number of halogens is 2. The van der Waals surface area contributed by atoms with E-state index in [-0.39, 0.29) is 24.8 Å². The summed E-state index contributed by atoms with van der Waals surface area (Å²) in [4.78, 5) is 18.1. The van der Waals surface area contributed by atoms with E-state index < -0.39 is 15.1 Å². The van der Waals surface area contributed by atoms with Crippen molar-refractivity contribution >= 4 is 55.2 Å². The molecule has 0 amide bonds. The van der Waals surface area contributed by atoms with E-state index >= 15 is 0 Å². The van der Waals surface area contributed by atoms with Crippen LogP contribution in [0, 0.1) is 5.82 Å². The van der Waals surface area contributed by atoms with E-state index in [2.05, 4.69) is 20.3 Å². The van der Waals surface area contributed by atoms with Crippen molar-refractivity contribution in [2.24, 2.45) is 0 Å². The first-order valence-electron chi connectivity index (χ1n) is 14.0. The summed E-state index contributed by atoms with van der Waals surface area (Å²) in [7, 11) is -3.09. The molecule has 0 fully saturated rings. The summed E-state index contributed by atoms with van der Waals surface area (Å²) < 4.78 is 48.6. The van der Waals surface area contributed by atoms with Crippen LogP contribution in [0.1, 0.15) is 30.8 Å². The number of hydrogen-bond donors (Lipinski definition) is 1. The Morgan fingerprint density at radius 2 is 1.91 bits per heavy atom. The van der Waals surface area contributed by atoms with Gasteiger partial charge in [-0.15, -0.1) is 11.3 Å². The van der Waals surface area contributed by atoms with Crippen LogP contribution in [-0.2, 0) is 27.6 Å². The van der Waals surface area contributed by atoms with Crippen LogP contribution in [0.15, 0.2) is 66.4 Å². The predicted octanol–water partition coefficient (Wildman–Crippen LogP) is 7.04. The van der Waals surface area contributed by atoms with Gasteiger partial charge in [0.1, 0.15) is 30.3 Å². The van der Waals surface area contributed by atoms with Crippen LogP contribution in [0.5, 0.6) is 5.75 Å². The fourth-order valence-corrected chi connectivity index (χ4v) is 6.09. The lowest BCUT2D eigenvalue weighted by Gasteiger charge is -2.12. The fraction of sp³-hybridized carbons (Fsp3) is 0.290. The van der Waals surface area contributed by atoms with Crippen molar-refractivity contribution in [2.45, 2.75) is 38.5 Å². The van der Waals surface area contributed by atoms with Crippen molar-refractivity contribution in [2.75, 3.05) is 24.3 Å². The van der Waals surface area contributed by atoms with Crippen molar-refractivity contribution < 1.29 is 22.3 Å². The van der Waals surface area contributed by atoms with Gasteiger partial charge in [-0.05, 0) is 62.2 Å². The molecule has 0 aliphatic rings. The number of benzene rings is 2. The second-order valence-corrected chi connectivity index (χ2v) is 14.3. The Morgan fingerprint density at radius 1 is 1.05 bits per heavy atom. The Kier molecular flexibility index (Phi) is 10.4. The van der Waals surface area contributed by atoms with Crippen LogP contribution in [0.4, 0.5) is 15.9 Å². The van der Waals surface area contributed by atoms with E-state index in [0.717, 1.165) is 22.5 Å². The molecular weight excluding hydrogens is 625 g/mol. The molecule has 9 nitrogen and oxygen atoms in total. The zero-order valence-electron chi connectivity index (χ0n) is 24.2. The topological polar surface area (TPSA) is 116 Å². The van der Waals surface area contributed by atoms with Gasteiger partial charge in [0, 0.05) is 29.5 Å². The molecule has 0 unspecified atom stereocenters. The number of nitrogens with zero attached hydrogens (tertiary/aromatic N) is 4. The average molecular weight is 656 g/mol. The van der Waals surface area contributed by atoms with Gasteiger partial charge in [-0.1, -0.05) is 23.7 Å². The number of pyridine rings is 1. The van der Waals surface area contributed by atoms with Crippen molar-refractivity contribution in [3.05, 3.63) is 87.8 Å². The molecule has 0 aliphatic heterocycles. The maximum absolute atomic E-state index is 13.5. The number of hydrogen-bond acceptors (Lipinski definition) is 10. The van der Waals surface area contributed by atoms with E-state index in [1.807, 2.05) is 17.5 Å². The molecule has 230 valence electrons. The second-order valence-electron chi connectivity index (χ2n) is 10.3. The van der Waals surface area contributed by atoms with E-state index in [1.54, 1.807) is 55.6 Å². The van der Waals surface area contributed by atoms with Crippen molar-refractivity contribution in [1.29, 1.82) is 0 Å². The van der Waals surface area contributed by atoms with Crippen molar-refractivity contribution in [3.63, 3.8) is 0 Å². The van der Waals surface area contributed by atoms with Gasteiger partial charge in [-0.2, -0.15) is 0 Å². The minimum absolute atomic E-state index is 0.0328. The zero-order chi connectivity index (χ0) is 31.1. The number of sulfone groups is 1. The predicted molar refractivity (Wildman–Crippen MR) is 172 cm³/mol. The molecule has 13 heteroatoms. The highest BCUT2D eigenvalue weighted by molar-refractivity contribution is 7.92. The maximum Gasteiger partial charge on any atom is 0.154 e. The molecule has 0 bridgehead atoms. The fourth-order valence-electron chi connectivity index (χ4n) is 4.20. The molecule has 44 heavy (non-hydrogen) atoms. The molecule has 1 N–H and O–H groups in total. The SMILES string of the molecule is CC(C)S(=O)(=O)CCOCCCc1nc(-c2cc3c(Nc4ccc(OCc5cccc(F)c5)c(Cl)c4)ncnc3cn2)cs1. The van der Waals surface area contributed by atoms with Gasteiger partial charge >= 0.3 is 0 Å². The van der Waals surface area contributed by atoms with Gasteiger partial charge in [0.25, 0.3) is 0 Å². The third-order valence-corrected chi connectivity index (χ3v) is 10.1. The van der Waals surface area contributed by atoms with Crippen molar-refractivity contribution in [1.82, 2.24) is 19.9 Å². The number of aromatic nitrogens is 4. The quantitative estimate of drug-likeness (QED) is 0.126. The third kappa shape index (κ3) is 8.26. The molecule has 3 heterocycles. The lowest BCUT2D eigenvalue weighted by atomic mass is 10.2. The minimum atomic E-state index is -3.09. The molecule has 0 spiro atoms. The van der Waals surface area contributed by atoms with Crippen LogP contribution in [0.2, 0.25) is 5.02 Å². The largest absolute Gasteiger partial charge is 0.487 e. The summed E-state index contributed by atoms with van der Waals surface area (Å²) in [6.45, 7) is 4.20. The normalized spacial score (nSPS) is 11.8. The van der Waals surface area contributed by atoms with Gasteiger partial charge in [0.2, 0.25) is 0 Å². The smallest absolute Gasteiger partial charge is 0.154 e. The molecule has 3 aromatic heterocycles. The zero-order valence-corrected chi connectivity index (χ0v) is 26.6. The molecule has 0 aliphatic carbocycles. The van der Waals surface area contributed by atoms with Gasteiger partial charge in [-0.25, -0.2) is 27.8 Å². The number of rotatable bonds is 14. The van der Waals surface area contributed by atoms with Crippen LogP contribution in [-0.4, -0.2) is 52.6 Å². The highest BCUT2D eigenvalue weighted by Crippen LogP contribution is 2.32. The van der Waals surface area contributed by atoms with E-state index in [9.17, 15) is 12.8 Å². The first kappa shape index (κ1) is 31.7. The Bertz CT molecular complexity index is 1850. The molecule has 0 radical (unpaired) electrons. The second kappa shape index (κ2) is 14.4. The maximum atomic E-state index is 13.5. The van der Waals surface area contributed by atoms with Crippen LogP contribution < -0.4 is 10.1 Å². The monoisotopic (exact) mass is 655 g/mol. The number of anilines is 2. The Morgan fingerprint density at radius 3 is 2.70 bits per heavy atom. The lowest BCUT2D eigenvalue weighted by molar-refractivity contribution is 0.146. The molecule has 2 aromatic carbocycles. The van der Waals surface area contributed by atoms with E-state index in [4.69, 9.17) is 26.1 Å². The van der Waals surface area contributed by atoms with E-state index in [1.165, 1.54) is 18.5 Å². The first-order valence-corrected chi connectivity index (χ1v) is 16.9. The summed E-state index contributed by atoms with van der Waals surface area (Å²) >= 11 is 8.03. The van der Waals surface area contributed by atoms with Gasteiger partial charge in [-0.3, -0.25) is 4.98 Å². The molecule has 5 rings (SSSR count). The number of ether oxygens (including phenoxy) is 2. The highest BCUT2D eigenvalue weighted by atomic mass is 35.5. The Labute approximate surface area is 264 Å². The van der Waals surface area contributed by atoms with Crippen LogP contribution in [0.3, 0.4) is 0 Å². The van der Waals surface area contributed by atoms with Gasteiger partial charge in [0.15, 0.2) is 9.84 Å². The summed E-state index contributed by atoms with van der Waals surface area (Å²) in [6, 6.07) is 13.4. The average Bonchev–Trinajstić information content (AvgIpc) is 3.47. The molecule has 0 saturated heterocycles. The summed E-state index contributed by atoms with van der Waals surface area (Å²) in [5, 5.41) is 6.97. The molecule has 0 atom stereocenters. The minimum Gasteiger partial charge on any atom is -0.487 e. The third-order valence-electron chi connectivity index (χ3n) is 6.72. The molecular formula is C31H31ClFN5O4S2. The summed E-state index contributed by atoms with van der Waals surface area (Å²) in [5.74, 6) is 0.768.